The van der Waals surface area contributed by atoms with Gasteiger partial charge in [0.25, 0.3) is 0 Å². The molecule has 8 nitrogen and oxygen atoms in total. The molecule has 1 aromatic carbocycles. The van der Waals surface area contributed by atoms with E-state index >= 15 is 0 Å². The molecule has 10 heteroatoms. The lowest BCUT2D eigenvalue weighted by Gasteiger charge is -2.51. The topological polar surface area (TPSA) is 68.7 Å². The molecule has 5 rings (SSSR count). The molecular formula is C40H61BrClN5O3. The van der Waals surface area contributed by atoms with Crippen LogP contribution in [0.5, 0.6) is 0 Å². The Bertz CT molecular complexity index is 1400. The van der Waals surface area contributed by atoms with Gasteiger partial charge in [-0.05, 0) is 106 Å². The van der Waals surface area contributed by atoms with E-state index in [1.54, 1.807) is 4.90 Å². The van der Waals surface area contributed by atoms with Gasteiger partial charge < -0.3 is 14.5 Å². The number of halogens is 2. The number of carbonyl (C=O) groups is 2. The second kappa shape index (κ2) is 16.8. The van der Waals surface area contributed by atoms with Crippen molar-refractivity contribution in [3.05, 3.63) is 45.6 Å². The summed E-state index contributed by atoms with van der Waals surface area (Å²) in [4.78, 5) is 40.9. The summed E-state index contributed by atoms with van der Waals surface area (Å²) < 4.78 is 5.58. The average molecular weight is 775 g/mol. The fourth-order valence-electron chi connectivity index (χ4n) is 8.53. The quantitative estimate of drug-likeness (QED) is 0.205. The molecule has 3 aliphatic heterocycles. The number of allylic oxidation sites excluding steroid dienone is 1. The summed E-state index contributed by atoms with van der Waals surface area (Å²) in [5.41, 5.74) is 4.86. The molecule has 4 aliphatic rings. The lowest BCUT2D eigenvalue weighted by Crippen LogP contribution is -2.62. The summed E-state index contributed by atoms with van der Waals surface area (Å²) in [6.45, 7) is 20.8. The van der Waals surface area contributed by atoms with Gasteiger partial charge in [0, 0.05) is 80.9 Å². The highest BCUT2D eigenvalue weighted by Gasteiger charge is 2.42. The monoisotopic (exact) mass is 773 g/mol. The minimum absolute atomic E-state index is 0.0237. The normalized spacial score (nSPS) is 24.1. The Morgan fingerprint density at radius 1 is 0.960 bits per heavy atom. The number of fused-ring (bicyclic) bond motifs is 1. The molecule has 0 N–H and O–H groups in total. The van der Waals surface area contributed by atoms with E-state index in [4.69, 9.17) is 21.3 Å². The summed E-state index contributed by atoms with van der Waals surface area (Å²) in [7, 11) is 0. The van der Waals surface area contributed by atoms with E-state index in [-0.39, 0.29) is 29.5 Å². The van der Waals surface area contributed by atoms with Gasteiger partial charge in [-0.25, -0.2) is 4.79 Å². The maximum absolute atomic E-state index is 13.9. The van der Waals surface area contributed by atoms with Gasteiger partial charge >= 0.3 is 6.09 Å². The van der Waals surface area contributed by atoms with Crippen LogP contribution in [-0.4, -0.2) is 107 Å². The fourth-order valence-corrected chi connectivity index (χ4v) is 8.87. The second-order valence-electron chi connectivity index (χ2n) is 16.9. The van der Waals surface area contributed by atoms with E-state index in [1.807, 2.05) is 33.1 Å². The summed E-state index contributed by atoms with van der Waals surface area (Å²) >= 11 is 10.1. The highest BCUT2D eigenvalue weighted by Crippen LogP contribution is 2.42. The molecule has 2 atom stereocenters. The molecular weight excluding hydrogens is 714 g/mol. The number of aryl methyl sites for hydroxylation is 1. The van der Waals surface area contributed by atoms with Crippen LogP contribution in [0.4, 0.5) is 4.79 Å². The Morgan fingerprint density at radius 3 is 2.28 bits per heavy atom. The van der Waals surface area contributed by atoms with Crippen LogP contribution in [0.3, 0.4) is 0 Å². The number of alkyl halides is 1. The SMILES string of the molecule is CCC1=C(N=CCBr)C(N2CCC(N3CCN(C(=O)CC4CCN(C(=O)OC(C)(C)C)CC4)C(C(C)(C)C)C3)CC2)c2ccc(Cl)cc2CC1. The third kappa shape index (κ3) is 9.73. The number of carbonyl (C=O) groups excluding carboxylic acids is 2. The van der Waals surface area contributed by atoms with Gasteiger partial charge in [-0.1, -0.05) is 61.3 Å². The first-order chi connectivity index (χ1) is 23.7. The van der Waals surface area contributed by atoms with Crippen molar-refractivity contribution in [2.24, 2.45) is 16.3 Å². The summed E-state index contributed by atoms with van der Waals surface area (Å²) in [6.07, 6.45) is 9.27. The first kappa shape index (κ1) is 39.3. The maximum Gasteiger partial charge on any atom is 0.410 e. The number of aliphatic imine (C=N–C) groups is 1. The van der Waals surface area contributed by atoms with E-state index in [0.29, 0.717) is 31.5 Å². The summed E-state index contributed by atoms with van der Waals surface area (Å²) in [6, 6.07) is 7.27. The number of hydrogen-bond acceptors (Lipinski definition) is 6. The average Bonchev–Trinajstić information content (AvgIpc) is 3.22. The van der Waals surface area contributed by atoms with Crippen LogP contribution in [0.25, 0.3) is 0 Å². The summed E-state index contributed by atoms with van der Waals surface area (Å²) in [5, 5.41) is 1.55. The van der Waals surface area contributed by atoms with Crippen LogP contribution in [0.1, 0.15) is 111 Å². The standard InChI is InChI=1S/C40H61BrClN5O3/c1-8-29-9-10-30-26-31(42)11-12-33(30)37(36(29)43-18-17-41)44-21-15-32(16-22-44)46-23-24-47(34(27-46)39(2,3)4)35(48)25-28-13-19-45(20-14-28)38(49)50-40(5,6)7/h11-12,18,26,28,32,34,37H,8-10,13-17,19-25,27H2,1-7H3. The predicted molar refractivity (Wildman–Crippen MR) is 208 cm³/mol. The highest BCUT2D eigenvalue weighted by atomic mass is 79.9. The number of rotatable bonds is 7. The van der Waals surface area contributed by atoms with Crippen molar-refractivity contribution in [1.29, 1.82) is 0 Å². The molecule has 1 aromatic rings. The molecule has 0 radical (unpaired) electrons. The molecule has 3 saturated heterocycles. The molecule has 3 heterocycles. The van der Waals surface area contributed by atoms with Crippen molar-refractivity contribution in [3.8, 4) is 0 Å². The molecule has 0 saturated carbocycles. The molecule has 0 spiro atoms. The Balaban J connectivity index is 1.22. The zero-order valence-electron chi connectivity index (χ0n) is 31.6. The number of ether oxygens (including phenoxy) is 1. The largest absolute Gasteiger partial charge is 0.444 e. The van der Waals surface area contributed by atoms with Crippen LogP contribution in [0.2, 0.25) is 5.02 Å². The van der Waals surface area contributed by atoms with Gasteiger partial charge in [0.2, 0.25) is 5.91 Å². The van der Waals surface area contributed by atoms with E-state index < -0.39 is 5.60 Å². The van der Waals surface area contributed by atoms with Crippen molar-refractivity contribution < 1.29 is 14.3 Å². The van der Waals surface area contributed by atoms with E-state index in [0.717, 1.165) is 88.0 Å². The minimum atomic E-state index is -0.497. The van der Waals surface area contributed by atoms with E-state index in [2.05, 4.69) is 70.5 Å². The third-order valence-corrected chi connectivity index (χ3v) is 11.8. The Morgan fingerprint density at radius 2 is 1.66 bits per heavy atom. The highest BCUT2D eigenvalue weighted by molar-refractivity contribution is 9.09. The summed E-state index contributed by atoms with van der Waals surface area (Å²) in [5.74, 6) is 0.581. The van der Waals surface area contributed by atoms with Gasteiger partial charge in [-0.2, -0.15) is 0 Å². The van der Waals surface area contributed by atoms with Crippen LogP contribution in [0.15, 0.2) is 34.5 Å². The first-order valence-electron chi connectivity index (χ1n) is 19.0. The second-order valence-corrected chi connectivity index (χ2v) is 18.0. The van der Waals surface area contributed by atoms with Gasteiger partial charge in [-0.3, -0.25) is 19.6 Å². The number of piperidine rings is 2. The van der Waals surface area contributed by atoms with Crippen molar-refractivity contribution in [1.82, 2.24) is 19.6 Å². The molecule has 278 valence electrons. The van der Waals surface area contributed by atoms with Crippen LogP contribution >= 0.6 is 27.5 Å². The molecule has 2 amide bonds. The van der Waals surface area contributed by atoms with Crippen LogP contribution in [0, 0.1) is 11.3 Å². The zero-order chi connectivity index (χ0) is 36.2. The number of nitrogens with zero attached hydrogens (tertiary/aromatic N) is 5. The molecule has 3 fully saturated rings. The smallest absolute Gasteiger partial charge is 0.410 e. The number of piperazine rings is 1. The maximum atomic E-state index is 13.9. The molecule has 1 aliphatic carbocycles. The lowest BCUT2D eigenvalue weighted by molar-refractivity contribution is -0.142. The first-order valence-corrected chi connectivity index (χ1v) is 20.5. The number of amides is 2. The van der Waals surface area contributed by atoms with Gasteiger partial charge in [-0.15, -0.1) is 0 Å². The zero-order valence-corrected chi connectivity index (χ0v) is 34.0. The third-order valence-electron chi connectivity index (χ3n) is 11.3. The van der Waals surface area contributed by atoms with Crippen molar-refractivity contribution in [2.75, 3.05) is 51.1 Å². The Kier molecular flexibility index (Phi) is 13.2. The molecule has 50 heavy (non-hydrogen) atoms. The van der Waals surface area contributed by atoms with E-state index in [9.17, 15) is 9.59 Å². The van der Waals surface area contributed by atoms with Crippen molar-refractivity contribution in [2.45, 2.75) is 124 Å². The van der Waals surface area contributed by atoms with Gasteiger partial charge in [0.1, 0.15) is 5.60 Å². The minimum Gasteiger partial charge on any atom is -0.444 e. The number of benzene rings is 1. The predicted octanol–water partition coefficient (Wildman–Crippen LogP) is 8.52. The fraction of sp³-hybridized carbons (Fsp3) is 0.725. The lowest BCUT2D eigenvalue weighted by atomic mass is 9.82. The van der Waals surface area contributed by atoms with Crippen molar-refractivity contribution >= 4 is 45.7 Å². The number of likely N-dealkylation sites (tertiary alicyclic amines) is 2. The molecule has 2 unspecified atom stereocenters. The number of hydrogen-bond donors (Lipinski definition) is 0. The Hall–Kier alpha value is -1.94. The van der Waals surface area contributed by atoms with E-state index in [1.165, 1.54) is 22.4 Å². The van der Waals surface area contributed by atoms with Crippen LogP contribution < -0.4 is 0 Å². The van der Waals surface area contributed by atoms with Gasteiger partial charge in [0.15, 0.2) is 0 Å². The van der Waals surface area contributed by atoms with Gasteiger partial charge in [0.05, 0.1) is 11.7 Å². The van der Waals surface area contributed by atoms with Crippen molar-refractivity contribution in [3.63, 3.8) is 0 Å². The molecule has 0 bridgehead atoms. The van der Waals surface area contributed by atoms with Crippen LogP contribution in [-0.2, 0) is 16.0 Å². The molecule has 0 aromatic heterocycles. The Labute approximate surface area is 315 Å².